The minimum Gasteiger partial charge on any atom is -0.497 e. The molecular weight excluding hydrogens is 442 g/mol. The molecule has 0 unspecified atom stereocenters. The lowest BCUT2D eigenvalue weighted by atomic mass is 9.75. The van der Waals surface area contributed by atoms with Crippen LogP contribution in [0.4, 0.5) is 0 Å². The van der Waals surface area contributed by atoms with Crippen molar-refractivity contribution in [2.75, 3.05) is 39.8 Å². The largest absolute Gasteiger partial charge is 0.497 e. The third kappa shape index (κ3) is 5.55. The Balaban J connectivity index is 1.50. The van der Waals surface area contributed by atoms with Crippen LogP contribution in [0.3, 0.4) is 0 Å². The Morgan fingerprint density at radius 3 is 2.29 bits per heavy atom. The number of carbonyl (C=O) groups excluding carboxylic acids is 3. The van der Waals surface area contributed by atoms with Gasteiger partial charge in [0.15, 0.2) is 0 Å². The summed E-state index contributed by atoms with van der Waals surface area (Å²) in [4.78, 5) is 46.2. The molecule has 1 aromatic rings. The molecule has 7 heteroatoms. The normalized spacial score (nSPS) is 24.5. The van der Waals surface area contributed by atoms with Crippen molar-refractivity contribution >= 4 is 17.7 Å². The van der Waals surface area contributed by atoms with Gasteiger partial charge in [0.2, 0.25) is 17.7 Å². The van der Waals surface area contributed by atoms with Crippen LogP contribution in [0, 0.1) is 5.92 Å². The predicted molar refractivity (Wildman–Crippen MR) is 135 cm³/mol. The molecule has 3 amide bonds. The first kappa shape index (κ1) is 25.7. The van der Waals surface area contributed by atoms with Crippen LogP contribution in [0.25, 0.3) is 0 Å². The average molecular weight is 484 g/mol. The quantitative estimate of drug-likeness (QED) is 0.529. The number of piperazine rings is 1. The summed E-state index contributed by atoms with van der Waals surface area (Å²) in [6.45, 7) is 7.72. The molecule has 35 heavy (non-hydrogen) atoms. The van der Waals surface area contributed by atoms with Gasteiger partial charge in [-0.15, -0.1) is 0 Å². The highest BCUT2D eigenvalue weighted by molar-refractivity contribution is 6.10. The van der Waals surface area contributed by atoms with Gasteiger partial charge in [0, 0.05) is 51.6 Å². The maximum atomic E-state index is 13.8. The van der Waals surface area contributed by atoms with Crippen LogP contribution in [0.15, 0.2) is 24.3 Å². The smallest absolute Gasteiger partial charge is 0.240 e. The van der Waals surface area contributed by atoms with E-state index in [1.165, 1.54) is 37.0 Å². The molecule has 1 saturated carbocycles. The summed E-state index contributed by atoms with van der Waals surface area (Å²) in [6, 6.07) is 7.93. The Hall–Kier alpha value is -2.41. The summed E-state index contributed by atoms with van der Waals surface area (Å²) in [5, 5.41) is 0. The van der Waals surface area contributed by atoms with Crippen molar-refractivity contribution in [3.05, 3.63) is 29.8 Å². The Labute approximate surface area is 209 Å². The summed E-state index contributed by atoms with van der Waals surface area (Å²) >= 11 is 0. The van der Waals surface area contributed by atoms with Crippen molar-refractivity contribution < 1.29 is 19.1 Å². The van der Waals surface area contributed by atoms with E-state index in [-0.39, 0.29) is 30.6 Å². The number of hydrogen-bond donors (Lipinski definition) is 0. The maximum Gasteiger partial charge on any atom is 0.240 e. The van der Waals surface area contributed by atoms with Gasteiger partial charge in [0.25, 0.3) is 0 Å². The minimum atomic E-state index is -1.14. The number of imide groups is 1. The Bertz CT molecular complexity index is 901. The average Bonchev–Trinajstić information content (AvgIpc) is 3.12. The van der Waals surface area contributed by atoms with Crippen molar-refractivity contribution in [2.45, 2.75) is 76.7 Å². The van der Waals surface area contributed by atoms with Gasteiger partial charge < -0.3 is 9.64 Å². The molecule has 2 saturated heterocycles. The van der Waals surface area contributed by atoms with E-state index >= 15 is 0 Å². The zero-order valence-electron chi connectivity index (χ0n) is 21.6. The third-order valence-electron chi connectivity index (χ3n) is 8.19. The van der Waals surface area contributed by atoms with E-state index in [1.807, 2.05) is 17.0 Å². The molecule has 0 N–H and O–H groups in total. The summed E-state index contributed by atoms with van der Waals surface area (Å²) in [5.74, 6) is 0.621. The number of methoxy groups -OCH3 is 1. The highest BCUT2D eigenvalue weighted by Gasteiger charge is 2.54. The molecule has 3 aliphatic rings. The predicted octanol–water partition coefficient (Wildman–Crippen LogP) is 3.61. The first-order valence-electron chi connectivity index (χ1n) is 13.3. The van der Waals surface area contributed by atoms with Crippen molar-refractivity contribution in [1.29, 1.82) is 0 Å². The second kappa shape index (κ2) is 11.1. The fourth-order valence-electron chi connectivity index (χ4n) is 5.94. The molecule has 4 rings (SSSR count). The number of ether oxygens (including phenoxy) is 1. The van der Waals surface area contributed by atoms with Gasteiger partial charge in [-0.1, -0.05) is 45.2 Å². The van der Waals surface area contributed by atoms with Crippen molar-refractivity contribution in [3.8, 4) is 5.75 Å². The second-order valence-electron chi connectivity index (χ2n) is 10.9. The molecule has 0 aromatic heterocycles. The van der Waals surface area contributed by atoms with Crippen LogP contribution in [0.2, 0.25) is 0 Å². The zero-order valence-corrected chi connectivity index (χ0v) is 21.6. The highest BCUT2D eigenvalue weighted by atomic mass is 16.5. The van der Waals surface area contributed by atoms with Crippen molar-refractivity contribution in [1.82, 2.24) is 14.7 Å². The van der Waals surface area contributed by atoms with Crippen molar-refractivity contribution in [2.24, 2.45) is 5.92 Å². The van der Waals surface area contributed by atoms with Gasteiger partial charge >= 0.3 is 0 Å². The summed E-state index contributed by atoms with van der Waals surface area (Å²) in [7, 11) is 1.60. The fraction of sp³-hybridized carbons (Fsp3) is 0.679. The summed E-state index contributed by atoms with van der Waals surface area (Å²) in [6.07, 6.45) is 7.30. The standard InChI is InChI=1S/C28H41N3O4/c1-21(2)13-14-31-26(33)20-28(27(31)34,22-9-11-24(35-3)12-10-22)19-25(32)30-17-15-29(16-18-30)23-7-5-4-6-8-23/h9-12,21,23H,4-8,13-20H2,1-3H3/t28-/m1/s1. The molecule has 0 spiro atoms. The number of amides is 3. The molecule has 0 bridgehead atoms. The molecule has 1 aliphatic carbocycles. The number of hydrogen-bond acceptors (Lipinski definition) is 5. The summed E-state index contributed by atoms with van der Waals surface area (Å²) < 4.78 is 5.29. The first-order chi connectivity index (χ1) is 16.8. The minimum absolute atomic E-state index is 0.0315. The molecule has 0 radical (unpaired) electrons. The van der Waals surface area contributed by atoms with E-state index in [4.69, 9.17) is 4.74 Å². The Morgan fingerprint density at radius 1 is 1.03 bits per heavy atom. The second-order valence-corrected chi connectivity index (χ2v) is 10.9. The molecule has 7 nitrogen and oxygen atoms in total. The van der Waals surface area contributed by atoms with Gasteiger partial charge in [-0.25, -0.2) is 0 Å². The molecule has 1 aromatic carbocycles. The van der Waals surface area contributed by atoms with Crippen LogP contribution >= 0.6 is 0 Å². The SMILES string of the molecule is COc1ccc([C@@]2(CC(=O)N3CCN(C4CCCCC4)CC3)CC(=O)N(CCC(C)C)C2=O)cc1. The van der Waals surface area contributed by atoms with E-state index in [9.17, 15) is 14.4 Å². The molecule has 3 fully saturated rings. The maximum absolute atomic E-state index is 13.8. The Kier molecular flexibility index (Phi) is 8.15. The molecule has 2 heterocycles. The van der Waals surface area contributed by atoms with Crippen LogP contribution in [-0.4, -0.2) is 78.3 Å². The van der Waals surface area contributed by atoms with Crippen molar-refractivity contribution in [3.63, 3.8) is 0 Å². The van der Waals surface area contributed by atoms with Gasteiger partial charge in [-0.2, -0.15) is 0 Å². The number of carbonyl (C=O) groups is 3. The zero-order chi connectivity index (χ0) is 25.0. The van der Waals surface area contributed by atoms with Gasteiger partial charge in [0.05, 0.1) is 12.5 Å². The lowest BCUT2D eigenvalue weighted by Crippen LogP contribution is -2.53. The van der Waals surface area contributed by atoms with Gasteiger partial charge in [-0.3, -0.25) is 24.2 Å². The van der Waals surface area contributed by atoms with Crippen LogP contribution in [0.5, 0.6) is 5.75 Å². The number of benzene rings is 1. The molecule has 2 aliphatic heterocycles. The lowest BCUT2D eigenvalue weighted by molar-refractivity contribution is -0.143. The summed E-state index contributed by atoms with van der Waals surface area (Å²) in [5.41, 5.74) is -0.421. The Morgan fingerprint density at radius 2 is 1.69 bits per heavy atom. The number of rotatable bonds is 8. The molecule has 192 valence electrons. The molecular formula is C28H41N3O4. The molecule has 1 atom stereocenters. The first-order valence-corrected chi connectivity index (χ1v) is 13.3. The topological polar surface area (TPSA) is 70.2 Å². The van der Waals surface area contributed by atoms with E-state index in [0.717, 1.165) is 25.1 Å². The van der Waals surface area contributed by atoms with E-state index < -0.39 is 5.41 Å². The number of likely N-dealkylation sites (tertiary alicyclic amines) is 1. The van der Waals surface area contributed by atoms with Gasteiger partial charge in [-0.05, 0) is 42.9 Å². The van der Waals surface area contributed by atoms with E-state index in [2.05, 4.69) is 18.7 Å². The fourth-order valence-corrected chi connectivity index (χ4v) is 5.94. The highest BCUT2D eigenvalue weighted by Crippen LogP contribution is 2.41. The van der Waals surface area contributed by atoms with E-state index in [0.29, 0.717) is 37.3 Å². The number of nitrogens with zero attached hydrogens (tertiary/aromatic N) is 3. The van der Waals surface area contributed by atoms with E-state index in [1.54, 1.807) is 19.2 Å². The van der Waals surface area contributed by atoms with Gasteiger partial charge in [0.1, 0.15) is 5.75 Å². The third-order valence-corrected chi connectivity index (χ3v) is 8.19. The monoisotopic (exact) mass is 483 g/mol. The lowest BCUT2D eigenvalue weighted by Gasteiger charge is -2.41. The van der Waals surface area contributed by atoms with Crippen LogP contribution in [-0.2, 0) is 19.8 Å². The van der Waals surface area contributed by atoms with Crippen LogP contribution in [0.1, 0.15) is 70.8 Å². The van der Waals surface area contributed by atoms with Crippen LogP contribution < -0.4 is 4.74 Å².